The molecule has 29 heavy (non-hydrogen) atoms. The van der Waals surface area contributed by atoms with Crippen molar-refractivity contribution in [3.8, 4) is 0 Å². The zero-order valence-electron chi connectivity index (χ0n) is 16.7. The van der Waals surface area contributed by atoms with E-state index in [2.05, 4.69) is 43.8 Å². The molecule has 2 aliphatic rings. The van der Waals surface area contributed by atoms with Crippen molar-refractivity contribution in [2.45, 2.75) is 38.1 Å². The van der Waals surface area contributed by atoms with Crippen molar-refractivity contribution in [1.29, 1.82) is 0 Å². The van der Waals surface area contributed by atoms with Crippen molar-refractivity contribution in [2.75, 3.05) is 26.2 Å². The van der Waals surface area contributed by atoms with Gasteiger partial charge in [0.15, 0.2) is 5.65 Å². The van der Waals surface area contributed by atoms with Gasteiger partial charge >= 0.3 is 0 Å². The third-order valence-corrected chi connectivity index (χ3v) is 6.34. The van der Waals surface area contributed by atoms with Crippen molar-refractivity contribution in [3.05, 3.63) is 65.6 Å². The molecule has 150 valence electrons. The minimum absolute atomic E-state index is 0.273. The van der Waals surface area contributed by atoms with Crippen molar-refractivity contribution in [2.24, 2.45) is 0 Å². The summed E-state index contributed by atoms with van der Waals surface area (Å²) in [6, 6.07) is 14.5. The van der Waals surface area contributed by atoms with Crippen LogP contribution in [0.3, 0.4) is 0 Å². The number of hydrogen-bond donors (Lipinski definition) is 0. The first-order valence-electron chi connectivity index (χ1n) is 10.6. The second-order valence-electron chi connectivity index (χ2n) is 8.21. The number of amides is 1. The SMILES string of the molecule is O=C(CCN1CCCC(c2nnc3ccccn23)C1)N1CCc2ccccc2C1. The number of carbonyl (C=O) groups is 1. The van der Waals surface area contributed by atoms with Crippen molar-refractivity contribution < 1.29 is 4.79 Å². The highest BCUT2D eigenvalue weighted by molar-refractivity contribution is 5.76. The van der Waals surface area contributed by atoms with E-state index in [4.69, 9.17) is 0 Å². The van der Waals surface area contributed by atoms with Crippen LogP contribution in [0, 0.1) is 0 Å². The van der Waals surface area contributed by atoms with Gasteiger partial charge in [-0.05, 0) is 49.1 Å². The number of fused-ring (bicyclic) bond motifs is 2. The molecule has 2 aromatic heterocycles. The molecule has 0 bridgehead atoms. The van der Waals surface area contributed by atoms with Crippen molar-refractivity contribution in [1.82, 2.24) is 24.4 Å². The smallest absolute Gasteiger partial charge is 0.224 e. The van der Waals surface area contributed by atoms with Gasteiger partial charge in [0.1, 0.15) is 5.82 Å². The fourth-order valence-electron chi connectivity index (χ4n) is 4.73. The Bertz CT molecular complexity index is 1010. The lowest BCUT2D eigenvalue weighted by atomic mass is 9.97. The number of aromatic nitrogens is 3. The summed E-state index contributed by atoms with van der Waals surface area (Å²) >= 11 is 0. The van der Waals surface area contributed by atoms with Gasteiger partial charge in [-0.25, -0.2) is 0 Å². The van der Waals surface area contributed by atoms with Crippen LogP contribution < -0.4 is 0 Å². The number of nitrogens with zero attached hydrogens (tertiary/aromatic N) is 5. The van der Waals surface area contributed by atoms with Gasteiger partial charge in [-0.15, -0.1) is 10.2 Å². The molecular formula is C23H27N5O. The summed E-state index contributed by atoms with van der Waals surface area (Å²) in [5.41, 5.74) is 3.58. The number of benzene rings is 1. The van der Waals surface area contributed by atoms with E-state index in [1.165, 1.54) is 11.1 Å². The van der Waals surface area contributed by atoms with Crippen LogP contribution >= 0.6 is 0 Å². The van der Waals surface area contributed by atoms with E-state index < -0.39 is 0 Å². The van der Waals surface area contributed by atoms with E-state index in [1.807, 2.05) is 29.3 Å². The highest BCUT2D eigenvalue weighted by Gasteiger charge is 2.26. The molecule has 1 aromatic carbocycles. The molecule has 6 heteroatoms. The molecular weight excluding hydrogens is 362 g/mol. The molecule has 1 saturated heterocycles. The topological polar surface area (TPSA) is 53.7 Å². The van der Waals surface area contributed by atoms with E-state index in [1.54, 1.807) is 0 Å². The first-order valence-corrected chi connectivity index (χ1v) is 10.6. The summed E-state index contributed by atoms with van der Waals surface area (Å²) < 4.78 is 2.10. The Balaban J connectivity index is 1.19. The molecule has 5 rings (SSSR count). The predicted molar refractivity (Wildman–Crippen MR) is 112 cm³/mol. The largest absolute Gasteiger partial charge is 0.338 e. The van der Waals surface area contributed by atoms with Crippen LogP contribution in [0.25, 0.3) is 5.65 Å². The number of carbonyl (C=O) groups excluding carboxylic acids is 1. The Morgan fingerprint density at radius 2 is 1.90 bits per heavy atom. The molecule has 4 heterocycles. The van der Waals surface area contributed by atoms with Gasteiger partial charge in [-0.1, -0.05) is 30.3 Å². The minimum atomic E-state index is 0.273. The number of likely N-dealkylation sites (tertiary alicyclic amines) is 1. The van der Waals surface area contributed by atoms with Gasteiger partial charge in [0, 0.05) is 44.7 Å². The van der Waals surface area contributed by atoms with Crippen LogP contribution in [0.1, 0.15) is 42.1 Å². The highest BCUT2D eigenvalue weighted by Crippen LogP contribution is 2.26. The van der Waals surface area contributed by atoms with Crippen LogP contribution in [0.4, 0.5) is 0 Å². The molecule has 1 unspecified atom stereocenters. The average molecular weight is 390 g/mol. The van der Waals surface area contributed by atoms with E-state index in [0.717, 1.165) is 63.5 Å². The quantitative estimate of drug-likeness (QED) is 0.689. The van der Waals surface area contributed by atoms with Crippen molar-refractivity contribution in [3.63, 3.8) is 0 Å². The monoisotopic (exact) mass is 389 g/mol. The van der Waals surface area contributed by atoms with Gasteiger partial charge < -0.3 is 9.80 Å². The molecule has 0 spiro atoms. The van der Waals surface area contributed by atoms with Crippen LogP contribution in [0.15, 0.2) is 48.7 Å². The molecule has 0 saturated carbocycles. The first-order chi connectivity index (χ1) is 14.3. The Labute approximate surface area is 171 Å². The number of rotatable bonds is 4. The Morgan fingerprint density at radius 3 is 2.83 bits per heavy atom. The first kappa shape index (κ1) is 18.3. The number of pyridine rings is 1. The molecule has 2 aliphatic heterocycles. The minimum Gasteiger partial charge on any atom is -0.338 e. The number of piperidine rings is 1. The summed E-state index contributed by atoms with van der Waals surface area (Å²) in [5, 5.41) is 8.76. The van der Waals surface area contributed by atoms with Gasteiger partial charge in [-0.2, -0.15) is 0 Å². The third-order valence-electron chi connectivity index (χ3n) is 6.34. The van der Waals surface area contributed by atoms with Crippen LogP contribution in [-0.4, -0.2) is 56.5 Å². The second kappa shape index (κ2) is 7.95. The maximum absolute atomic E-state index is 12.8. The summed E-state index contributed by atoms with van der Waals surface area (Å²) in [7, 11) is 0. The third kappa shape index (κ3) is 3.77. The number of hydrogen-bond acceptors (Lipinski definition) is 4. The molecule has 1 amide bonds. The second-order valence-corrected chi connectivity index (χ2v) is 8.21. The van der Waals surface area contributed by atoms with Gasteiger partial charge in [0.25, 0.3) is 0 Å². The highest BCUT2D eigenvalue weighted by atomic mass is 16.2. The Hall–Kier alpha value is -2.73. The molecule has 0 radical (unpaired) electrons. The van der Waals surface area contributed by atoms with E-state index in [-0.39, 0.29) is 5.91 Å². The molecule has 0 N–H and O–H groups in total. The summed E-state index contributed by atoms with van der Waals surface area (Å²) in [5.74, 6) is 1.69. The standard InChI is InChI=1S/C23H27N5O/c29-22(27-15-10-18-6-1-2-7-19(18)17-27)11-14-26-12-5-8-20(16-26)23-25-24-21-9-3-4-13-28(21)23/h1-4,6-7,9,13,20H,5,8,10-12,14-17H2. The molecule has 6 nitrogen and oxygen atoms in total. The maximum atomic E-state index is 12.8. The fourth-order valence-corrected chi connectivity index (χ4v) is 4.73. The van der Waals surface area contributed by atoms with E-state index >= 15 is 0 Å². The Morgan fingerprint density at radius 1 is 1.03 bits per heavy atom. The van der Waals surface area contributed by atoms with Crippen LogP contribution in [0.5, 0.6) is 0 Å². The van der Waals surface area contributed by atoms with Gasteiger partial charge in [0.2, 0.25) is 5.91 Å². The molecule has 0 aliphatic carbocycles. The lowest BCUT2D eigenvalue weighted by molar-refractivity contribution is -0.132. The molecule has 1 fully saturated rings. The van der Waals surface area contributed by atoms with E-state index in [0.29, 0.717) is 12.3 Å². The normalized spacial score (nSPS) is 20.0. The summed E-state index contributed by atoms with van der Waals surface area (Å²) in [4.78, 5) is 17.3. The average Bonchev–Trinajstić information content (AvgIpc) is 3.21. The van der Waals surface area contributed by atoms with Gasteiger partial charge in [-0.3, -0.25) is 9.20 Å². The Kier molecular flexibility index (Phi) is 5.02. The lowest BCUT2D eigenvalue weighted by Gasteiger charge is -2.33. The lowest BCUT2D eigenvalue weighted by Crippen LogP contribution is -2.40. The zero-order valence-corrected chi connectivity index (χ0v) is 16.7. The van der Waals surface area contributed by atoms with Crippen LogP contribution in [0.2, 0.25) is 0 Å². The summed E-state index contributed by atoms with van der Waals surface area (Å²) in [6.07, 6.45) is 5.87. The molecule has 1 atom stereocenters. The van der Waals surface area contributed by atoms with Crippen LogP contribution in [-0.2, 0) is 17.8 Å². The van der Waals surface area contributed by atoms with Crippen molar-refractivity contribution >= 4 is 11.6 Å². The summed E-state index contributed by atoms with van der Waals surface area (Å²) in [6.45, 7) is 4.42. The predicted octanol–water partition coefficient (Wildman–Crippen LogP) is 2.88. The fraction of sp³-hybridized carbons (Fsp3) is 0.435. The van der Waals surface area contributed by atoms with Gasteiger partial charge in [0.05, 0.1) is 0 Å². The zero-order chi connectivity index (χ0) is 19.6. The maximum Gasteiger partial charge on any atom is 0.224 e. The molecule has 3 aromatic rings. The van der Waals surface area contributed by atoms with E-state index in [9.17, 15) is 4.79 Å².